The van der Waals surface area contributed by atoms with Crippen LogP contribution in [0.1, 0.15) is 12.8 Å². The Labute approximate surface area is 89.4 Å². The van der Waals surface area contributed by atoms with Gasteiger partial charge in [-0.25, -0.2) is 0 Å². The third-order valence-electron chi connectivity index (χ3n) is 2.08. The van der Waals surface area contributed by atoms with Crippen LogP contribution in [0.5, 0.6) is 0 Å². The number of amides is 1. The SMILES string of the molecule is C#CCSCCNCC1CCC(=O)N1. The Balaban J connectivity index is 1.89. The molecule has 0 saturated carbocycles. The van der Waals surface area contributed by atoms with Crippen LogP contribution >= 0.6 is 11.8 Å². The number of hydrogen-bond acceptors (Lipinski definition) is 3. The van der Waals surface area contributed by atoms with Crippen LogP contribution in [0, 0.1) is 12.3 Å². The van der Waals surface area contributed by atoms with E-state index in [1.807, 2.05) is 0 Å². The fourth-order valence-corrected chi connectivity index (χ4v) is 1.93. The predicted octanol–water partition coefficient (Wildman–Crippen LogP) is 0.221. The summed E-state index contributed by atoms with van der Waals surface area (Å²) < 4.78 is 0. The maximum atomic E-state index is 10.9. The van der Waals surface area contributed by atoms with E-state index in [1.54, 1.807) is 11.8 Å². The van der Waals surface area contributed by atoms with Gasteiger partial charge in [-0.1, -0.05) is 5.92 Å². The van der Waals surface area contributed by atoms with Gasteiger partial charge in [0.15, 0.2) is 0 Å². The number of terminal acetylenes is 1. The van der Waals surface area contributed by atoms with Crippen LogP contribution < -0.4 is 10.6 Å². The van der Waals surface area contributed by atoms with Crippen LogP contribution in [-0.2, 0) is 4.79 Å². The van der Waals surface area contributed by atoms with E-state index >= 15 is 0 Å². The summed E-state index contributed by atoms with van der Waals surface area (Å²) in [5.41, 5.74) is 0. The monoisotopic (exact) mass is 212 g/mol. The third-order valence-corrected chi connectivity index (χ3v) is 2.95. The molecule has 0 aliphatic carbocycles. The molecule has 1 saturated heterocycles. The summed E-state index contributed by atoms with van der Waals surface area (Å²) in [6.07, 6.45) is 6.76. The summed E-state index contributed by atoms with van der Waals surface area (Å²) >= 11 is 1.75. The van der Waals surface area contributed by atoms with Crippen molar-refractivity contribution in [2.75, 3.05) is 24.6 Å². The molecule has 14 heavy (non-hydrogen) atoms. The van der Waals surface area contributed by atoms with Crippen LogP contribution in [-0.4, -0.2) is 36.5 Å². The molecule has 78 valence electrons. The summed E-state index contributed by atoms with van der Waals surface area (Å²) in [6.45, 7) is 1.83. The lowest BCUT2D eigenvalue weighted by atomic mass is 10.2. The summed E-state index contributed by atoms with van der Waals surface area (Å²) in [6, 6.07) is 0.333. The molecule has 3 nitrogen and oxygen atoms in total. The number of nitrogens with one attached hydrogen (secondary N) is 2. The van der Waals surface area contributed by atoms with Crippen LogP contribution in [0.3, 0.4) is 0 Å². The lowest BCUT2D eigenvalue weighted by molar-refractivity contribution is -0.119. The Bertz CT molecular complexity index is 225. The minimum atomic E-state index is 0.179. The maximum absolute atomic E-state index is 10.9. The predicted molar refractivity (Wildman–Crippen MR) is 60.2 cm³/mol. The molecule has 1 amide bonds. The molecule has 0 bridgehead atoms. The molecule has 1 unspecified atom stereocenters. The van der Waals surface area contributed by atoms with Gasteiger partial charge in [0, 0.05) is 31.3 Å². The van der Waals surface area contributed by atoms with Gasteiger partial charge in [0.1, 0.15) is 0 Å². The van der Waals surface area contributed by atoms with Crippen molar-refractivity contribution in [1.29, 1.82) is 0 Å². The Morgan fingerprint density at radius 2 is 2.57 bits per heavy atom. The zero-order valence-electron chi connectivity index (χ0n) is 8.21. The van der Waals surface area contributed by atoms with Gasteiger partial charge < -0.3 is 10.6 Å². The Hall–Kier alpha value is -0.660. The van der Waals surface area contributed by atoms with E-state index in [0.717, 1.165) is 31.0 Å². The summed E-state index contributed by atoms with van der Waals surface area (Å²) in [7, 11) is 0. The first-order valence-electron chi connectivity index (χ1n) is 4.84. The minimum Gasteiger partial charge on any atom is -0.352 e. The Kier molecular flexibility index (Phi) is 5.50. The molecule has 0 aromatic heterocycles. The third kappa shape index (κ3) is 4.54. The van der Waals surface area contributed by atoms with Crippen molar-refractivity contribution in [1.82, 2.24) is 10.6 Å². The zero-order chi connectivity index (χ0) is 10.2. The van der Waals surface area contributed by atoms with Gasteiger partial charge in [0.25, 0.3) is 0 Å². The normalized spacial score (nSPS) is 20.5. The summed E-state index contributed by atoms with van der Waals surface area (Å²) in [5.74, 6) is 4.58. The molecule has 1 atom stereocenters. The van der Waals surface area contributed by atoms with Crippen molar-refractivity contribution < 1.29 is 4.79 Å². The Morgan fingerprint density at radius 3 is 3.21 bits per heavy atom. The largest absolute Gasteiger partial charge is 0.352 e. The van der Waals surface area contributed by atoms with E-state index < -0.39 is 0 Å². The maximum Gasteiger partial charge on any atom is 0.220 e. The molecule has 1 aliphatic heterocycles. The Morgan fingerprint density at radius 1 is 1.71 bits per heavy atom. The second kappa shape index (κ2) is 6.74. The van der Waals surface area contributed by atoms with Crippen LogP contribution in [0.4, 0.5) is 0 Å². The van der Waals surface area contributed by atoms with Crippen LogP contribution in [0.2, 0.25) is 0 Å². The molecule has 1 heterocycles. The van der Waals surface area contributed by atoms with Crippen LogP contribution in [0.25, 0.3) is 0 Å². The zero-order valence-corrected chi connectivity index (χ0v) is 9.03. The fraction of sp³-hybridized carbons (Fsp3) is 0.700. The molecule has 4 heteroatoms. The van der Waals surface area contributed by atoms with Gasteiger partial charge in [-0.3, -0.25) is 4.79 Å². The molecular weight excluding hydrogens is 196 g/mol. The van der Waals surface area contributed by atoms with Crippen molar-refractivity contribution in [3.8, 4) is 12.3 Å². The molecule has 1 aliphatic rings. The summed E-state index contributed by atoms with van der Waals surface area (Å²) in [4.78, 5) is 10.9. The standard InChI is InChI=1S/C10H16N2OS/c1-2-6-14-7-5-11-8-9-3-4-10(13)12-9/h1,9,11H,3-8H2,(H,12,13). The van der Waals surface area contributed by atoms with Gasteiger partial charge in [-0.15, -0.1) is 18.2 Å². The highest BCUT2D eigenvalue weighted by Crippen LogP contribution is 2.04. The van der Waals surface area contributed by atoms with Crippen molar-refractivity contribution in [3.63, 3.8) is 0 Å². The molecule has 2 N–H and O–H groups in total. The van der Waals surface area contributed by atoms with Crippen molar-refractivity contribution >= 4 is 17.7 Å². The van der Waals surface area contributed by atoms with E-state index in [1.165, 1.54) is 0 Å². The number of carbonyl (C=O) groups excluding carboxylic acids is 1. The molecule has 0 aromatic rings. The highest BCUT2D eigenvalue weighted by molar-refractivity contribution is 7.99. The van der Waals surface area contributed by atoms with E-state index in [0.29, 0.717) is 12.5 Å². The molecule has 0 spiro atoms. The second-order valence-electron chi connectivity index (χ2n) is 3.26. The van der Waals surface area contributed by atoms with Crippen molar-refractivity contribution in [2.24, 2.45) is 0 Å². The topological polar surface area (TPSA) is 41.1 Å². The molecule has 0 radical (unpaired) electrons. The number of thioether (sulfide) groups is 1. The molecular formula is C10H16N2OS. The lowest BCUT2D eigenvalue weighted by Crippen LogP contribution is -2.36. The van der Waals surface area contributed by atoms with Gasteiger partial charge in [0.05, 0.1) is 5.75 Å². The smallest absolute Gasteiger partial charge is 0.220 e. The number of hydrogen-bond donors (Lipinski definition) is 2. The van der Waals surface area contributed by atoms with Crippen molar-refractivity contribution in [2.45, 2.75) is 18.9 Å². The van der Waals surface area contributed by atoms with Gasteiger partial charge in [0.2, 0.25) is 5.91 Å². The second-order valence-corrected chi connectivity index (χ2v) is 4.37. The van der Waals surface area contributed by atoms with E-state index in [4.69, 9.17) is 6.42 Å². The quantitative estimate of drug-likeness (QED) is 0.489. The van der Waals surface area contributed by atoms with Crippen LogP contribution in [0.15, 0.2) is 0 Å². The van der Waals surface area contributed by atoms with Gasteiger partial charge in [-0.05, 0) is 6.42 Å². The average molecular weight is 212 g/mol. The van der Waals surface area contributed by atoms with Gasteiger partial charge >= 0.3 is 0 Å². The van der Waals surface area contributed by atoms with E-state index in [2.05, 4.69) is 16.6 Å². The lowest BCUT2D eigenvalue weighted by Gasteiger charge is -2.10. The van der Waals surface area contributed by atoms with Crippen molar-refractivity contribution in [3.05, 3.63) is 0 Å². The molecule has 1 fully saturated rings. The first-order chi connectivity index (χ1) is 6.83. The first-order valence-corrected chi connectivity index (χ1v) is 5.99. The fourth-order valence-electron chi connectivity index (χ4n) is 1.38. The number of carbonyl (C=O) groups is 1. The van der Waals surface area contributed by atoms with E-state index in [-0.39, 0.29) is 5.91 Å². The highest BCUT2D eigenvalue weighted by Gasteiger charge is 2.19. The van der Waals surface area contributed by atoms with Gasteiger partial charge in [-0.2, -0.15) is 0 Å². The highest BCUT2D eigenvalue weighted by atomic mass is 32.2. The average Bonchev–Trinajstić information content (AvgIpc) is 2.58. The number of rotatable bonds is 6. The summed E-state index contributed by atoms with van der Waals surface area (Å²) in [5, 5.41) is 6.22. The first kappa shape index (κ1) is 11.4. The molecule has 0 aromatic carbocycles. The molecule has 1 rings (SSSR count). The minimum absolute atomic E-state index is 0.179. The van der Waals surface area contributed by atoms with E-state index in [9.17, 15) is 4.79 Å².